The molecule has 1 aromatic carbocycles. The average molecular weight is 475 g/mol. The van der Waals surface area contributed by atoms with Crippen LogP contribution in [0.3, 0.4) is 0 Å². The number of aryl methyl sites for hydroxylation is 3. The lowest BCUT2D eigenvalue weighted by molar-refractivity contribution is -0.142. The predicted octanol–water partition coefficient (Wildman–Crippen LogP) is 5.54. The number of halogens is 4. The van der Waals surface area contributed by atoms with Crippen LogP contribution in [0, 0.1) is 13.8 Å². The molecule has 1 aliphatic carbocycles. The molecule has 0 saturated heterocycles. The van der Waals surface area contributed by atoms with Crippen LogP contribution in [-0.4, -0.2) is 21.4 Å². The molecule has 9 heteroatoms. The highest BCUT2D eigenvalue weighted by Crippen LogP contribution is 2.46. The van der Waals surface area contributed by atoms with E-state index in [1.807, 2.05) is 32.0 Å². The van der Waals surface area contributed by atoms with Crippen molar-refractivity contribution in [1.29, 1.82) is 0 Å². The number of benzene rings is 1. The number of nitrogens with one attached hydrogen (secondary N) is 2. The fraction of sp³-hybridized carbons (Fsp3) is 0.474. The number of alkyl halides is 3. The molecule has 0 unspecified atom stereocenters. The lowest BCUT2D eigenvalue weighted by Crippen LogP contribution is -2.30. The van der Waals surface area contributed by atoms with Gasteiger partial charge in [0.15, 0.2) is 10.8 Å². The third-order valence-corrected chi connectivity index (χ3v) is 5.67. The Hall–Kier alpha value is -1.61. The van der Waals surface area contributed by atoms with Gasteiger partial charge in [-0.3, -0.25) is 4.68 Å². The summed E-state index contributed by atoms with van der Waals surface area (Å²) in [6.07, 6.45) is -2.03. The summed E-state index contributed by atoms with van der Waals surface area (Å²) in [6.45, 7) is 4.95. The first-order valence-electron chi connectivity index (χ1n) is 9.12. The summed E-state index contributed by atoms with van der Waals surface area (Å²) in [5, 5.41) is 10.6. The van der Waals surface area contributed by atoms with Crippen LogP contribution in [0.4, 0.5) is 18.9 Å². The van der Waals surface area contributed by atoms with Crippen LogP contribution in [0.15, 0.2) is 22.7 Å². The monoisotopic (exact) mass is 474 g/mol. The molecular formula is C19H22BrF3N4S. The molecule has 28 heavy (non-hydrogen) atoms. The van der Waals surface area contributed by atoms with Gasteiger partial charge in [0, 0.05) is 24.7 Å². The largest absolute Gasteiger partial charge is 0.436 e. The normalized spacial score (nSPS) is 14.2. The number of aromatic nitrogens is 2. The molecule has 1 aliphatic rings. The molecule has 4 nitrogen and oxygen atoms in total. The minimum atomic E-state index is -4.46. The predicted molar refractivity (Wildman–Crippen MR) is 112 cm³/mol. The van der Waals surface area contributed by atoms with Gasteiger partial charge in [0.2, 0.25) is 0 Å². The summed E-state index contributed by atoms with van der Waals surface area (Å²) in [5.74, 6) is 0.165. The van der Waals surface area contributed by atoms with Gasteiger partial charge in [-0.15, -0.1) is 0 Å². The topological polar surface area (TPSA) is 41.9 Å². The molecule has 0 atom stereocenters. The van der Waals surface area contributed by atoms with E-state index in [1.165, 1.54) is 4.68 Å². The summed E-state index contributed by atoms with van der Waals surface area (Å²) in [5.41, 5.74) is 2.98. The van der Waals surface area contributed by atoms with Crippen LogP contribution in [0.5, 0.6) is 0 Å². The molecule has 1 fully saturated rings. The maximum absolute atomic E-state index is 13.1. The van der Waals surface area contributed by atoms with E-state index in [-0.39, 0.29) is 10.4 Å². The van der Waals surface area contributed by atoms with Crippen molar-refractivity contribution < 1.29 is 13.2 Å². The Morgan fingerprint density at radius 2 is 2.04 bits per heavy atom. The molecule has 0 radical (unpaired) electrons. The zero-order valence-corrected chi connectivity index (χ0v) is 18.1. The lowest BCUT2D eigenvalue weighted by atomic mass is 10.1. The summed E-state index contributed by atoms with van der Waals surface area (Å²) in [6, 6.07) is 6.07. The first-order chi connectivity index (χ1) is 13.2. The Morgan fingerprint density at radius 1 is 1.32 bits per heavy atom. The van der Waals surface area contributed by atoms with Gasteiger partial charge in [-0.25, -0.2) is 0 Å². The third kappa shape index (κ3) is 5.05. The summed E-state index contributed by atoms with van der Waals surface area (Å²) < 4.78 is 41.0. The SMILES string of the molecule is Cc1ccc(C)c(NC(=S)NCCCn2nc(C(F)(F)F)c(Br)c2C2CC2)c1. The average Bonchev–Trinajstić information content (AvgIpc) is 3.37. The van der Waals surface area contributed by atoms with Crippen LogP contribution in [0.1, 0.15) is 47.7 Å². The smallest absolute Gasteiger partial charge is 0.362 e. The van der Waals surface area contributed by atoms with Crippen molar-refractivity contribution in [2.75, 3.05) is 11.9 Å². The molecule has 0 amide bonds. The van der Waals surface area contributed by atoms with Crippen molar-refractivity contribution in [1.82, 2.24) is 15.1 Å². The standard InChI is InChI=1S/C19H22BrF3N4S/c1-11-4-5-12(2)14(10-11)25-18(28)24-8-3-9-27-16(13-6-7-13)15(20)17(26-27)19(21,22)23/h4-5,10,13H,3,6-9H2,1-2H3,(H2,24,25,28). The zero-order valence-electron chi connectivity index (χ0n) is 15.7. The second kappa shape index (κ2) is 8.41. The molecule has 2 N–H and O–H groups in total. The van der Waals surface area contributed by atoms with E-state index in [2.05, 4.69) is 31.7 Å². The maximum Gasteiger partial charge on any atom is 0.436 e. The molecule has 1 heterocycles. The van der Waals surface area contributed by atoms with E-state index in [0.29, 0.717) is 30.3 Å². The van der Waals surface area contributed by atoms with Gasteiger partial charge in [-0.2, -0.15) is 18.3 Å². The number of hydrogen-bond acceptors (Lipinski definition) is 2. The Labute approximate surface area is 176 Å². The molecule has 2 aromatic rings. The van der Waals surface area contributed by atoms with Crippen LogP contribution in [-0.2, 0) is 12.7 Å². The number of anilines is 1. The highest BCUT2D eigenvalue weighted by atomic mass is 79.9. The van der Waals surface area contributed by atoms with E-state index in [1.54, 1.807) is 0 Å². The van der Waals surface area contributed by atoms with Crippen LogP contribution >= 0.6 is 28.1 Å². The van der Waals surface area contributed by atoms with Gasteiger partial charge in [-0.1, -0.05) is 12.1 Å². The Balaban J connectivity index is 1.55. The minimum Gasteiger partial charge on any atom is -0.362 e. The van der Waals surface area contributed by atoms with Gasteiger partial charge in [0.05, 0.1) is 10.2 Å². The lowest BCUT2D eigenvalue weighted by Gasteiger charge is -2.13. The highest BCUT2D eigenvalue weighted by molar-refractivity contribution is 9.10. The molecule has 0 bridgehead atoms. The quantitative estimate of drug-likeness (QED) is 0.426. The molecule has 0 aliphatic heterocycles. The van der Waals surface area contributed by atoms with Crippen molar-refractivity contribution in [3.8, 4) is 0 Å². The van der Waals surface area contributed by atoms with Gasteiger partial charge in [-0.05, 0) is 78.5 Å². The first kappa shape index (κ1) is 21.1. The number of hydrogen-bond donors (Lipinski definition) is 2. The zero-order chi connectivity index (χ0) is 20.5. The molecule has 3 rings (SSSR count). The van der Waals surface area contributed by atoms with Gasteiger partial charge < -0.3 is 10.6 Å². The summed E-state index contributed by atoms with van der Waals surface area (Å²) >= 11 is 8.43. The van der Waals surface area contributed by atoms with E-state index in [9.17, 15) is 13.2 Å². The first-order valence-corrected chi connectivity index (χ1v) is 10.3. The Kier molecular flexibility index (Phi) is 6.34. The summed E-state index contributed by atoms with van der Waals surface area (Å²) in [7, 11) is 0. The van der Waals surface area contributed by atoms with E-state index in [4.69, 9.17) is 12.2 Å². The van der Waals surface area contributed by atoms with Gasteiger partial charge in [0.1, 0.15) is 0 Å². The minimum absolute atomic E-state index is 0.0857. The fourth-order valence-electron chi connectivity index (χ4n) is 3.02. The van der Waals surface area contributed by atoms with E-state index >= 15 is 0 Å². The Bertz CT molecular complexity index is 875. The van der Waals surface area contributed by atoms with Crippen molar-refractivity contribution >= 4 is 38.9 Å². The molecular weight excluding hydrogens is 453 g/mol. The highest BCUT2D eigenvalue weighted by Gasteiger charge is 2.41. The van der Waals surface area contributed by atoms with Crippen LogP contribution < -0.4 is 10.6 Å². The molecule has 1 saturated carbocycles. The second-order valence-electron chi connectivity index (χ2n) is 7.10. The molecule has 152 valence electrons. The number of nitrogens with zero attached hydrogens (tertiary/aromatic N) is 2. The summed E-state index contributed by atoms with van der Waals surface area (Å²) in [4.78, 5) is 0. The van der Waals surface area contributed by atoms with Crippen LogP contribution in [0.25, 0.3) is 0 Å². The van der Waals surface area contributed by atoms with Crippen molar-refractivity contribution in [3.63, 3.8) is 0 Å². The number of thiocarbonyl (C=S) groups is 1. The maximum atomic E-state index is 13.1. The second-order valence-corrected chi connectivity index (χ2v) is 8.30. The van der Waals surface area contributed by atoms with E-state index in [0.717, 1.165) is 29.7 Å². The van der Waals surface area contributed by atoms with Crippen LogP contribution in [0.2, 0.25) is 0 Å². The number of rotatable bonds is 6. The fourth-order valence-corrected chi connectivity index (χ4v) is 4.06. The van der Waals surface area contributed by atoms with Gasteiger partial charge >= 0.3 is 6.18 Å². The van der Waals surface area contributed by atoms with E-state index < -0.39 is 11.9 Å². The van der Waals surface area contributed by atoms with Crippen molar-refractivity contribution in [2.45, 2.75) is 51.7 Å². The Morgan fingerprint density at radius 3 is 2.68 bits per heavy atom. The van der Waals surface area contributed by atoms with Gasteiger partial charge in [0.25, 0.3) is 0 Å². The van der Waals surface area contributed by atoms with Crippen molar-refractivity contribution in [2.24, 2.45) is 0 Å². The third-order valence-electron chi connectivity index (χ3n) is 4.64. The molecule has 1 aromatic heterocycles. The van der Waals surface area contributed by atoms with Crippen molar-refractivity contribution in [3.05, 3.63) is 45.2 Å². The molecule has 0 spiro atoms.